The van der Waals surface area contributed by atoms with E-state index in [0.29, 0.717) is 11.3 Å². The topological polar surface area (TPSA) is 55.4 Å². The van der Waals surface area contributed by atoms with Crippen LogP contribution >= 0.6 is 0 Å². The first kappa shape index (κ1) is 20.1. The van der Waals surface area contributed by atoms with Crippen molar-refractivity contribution in [2.24, 2.45) is 0 Å². The highest BCUT2D eigenvalue weighted by atomic mass is 32.2. The summed E-state index contributed by atoms with van der Waals surface area (Å²) in [4.78, 5) is 0.263. The van der Waals surface area contributed by atoms with Crippen LogP contribution in [-0.2, 0) is 10.0 Å². The monoisotopic (exact) mass is 395 g/mol. The molecule has 28 heavy (non-hydrogen) atoms. The maximum absolute atomic E-state index is 13.3. The Bertz CT molecular complexity index is 1060. The number of hydrogen-bond donors (Lipinski definition) is 1. The molecule has 1 atom stereocenters. The van der Waals surface area contributed by atoms with Gasteiger partial charge >= 0.3 is 0 Å². The fraction of sp³-hybridized carbons (Fsp3) is 0.217. The Kier molecular flexibility index (Phi) is 5.87. The zero-order valence-corrected chi connectivity index (χ0v) is 17.4. The van der Waals surface area contributed by atoms with Crippen LogP contribution in [0.3, 0.4) is 0 Å². The average Bonchev–Trinajstić information content (AvgIpc) is 2.69. The number of ether oxygens (including phenoxy) is 1. The lowest BCUT2D eigenvalue weighted by Gasteiger charge is -2.21. The van der Waals surface area contributed by atoms with Crippen LogP contribution in [0.15, 0.2) is 71.6 Å². The fourth-order valence-electron chi connectivity index (χ4n) is 3.22. The lowest BCUT2D eigenvalue weighted by molar-refractivity contribution is 0.411. The largest absolute Gasteiger partial charge is 0.496 e. The lowest BCUT2D eigenvalue weighted by atomic mass is 9.99. The molecule has 0 saturated heterocycles. The van der Waals surface area contributed by atoms with Gasteiger partial charge in [0, 0.05) is 0 Å². The molecule has 0 aliphatic rings. The molecule has 0 saturated carbocycles. The van der Waals surface area contributed by atoms with Crippen molar-refractivity contribution in [3.8, 4) is 5.75 Å². The molecule has 0 radical (unpaired) electrons. The van der Waals surface area contributed by atoms with E-state index in [9.17, 15) is 8.42 Å². The number of methoxy groups -OCH3 is 1. The third-order valence-electron chi connectivity index (χ3n) is 4.80. The van der Waals surface area contributed by atoms with Gasteiger partial charge in [0.25, 0.3) is 0 Å². The summed E-state index contributed by atoms with van der Waals surface area (Å²) in [5, 5.41) is 0. The van der Waals surface area contributed by atoms with Crippen LogP contribution in [0.4, 0.5) is 0 Å². The Hall–Kier alpha value is -2.63. The van der Waals surface area contributed by atoms with Gasteiger partial charge < -0.3 is 4.74 Å². The third kappa shape index (κ3) is 4.26. The lowest BCUT2D eigenvalue weighted by Crippen LogP contribution is -2.30. The molecule has 0 bridgehead atoms. The van der Waals surface area contributed by atoms with Crippen LogP contribution in [-0.4, -0.2) is 15.5 Å². The van der Waals surface area contributed by atoms with Crippen molar-refractivity contribution >= 4 is 10.0 Å². The highest BCUT2D eigenvalue weighted by Gasteiger charge is 2.25. The van der Waals surface area contributed by atoms with Crippen molar-refractivity contribution in [3.63, 3.8) is 0 Å². The molecule has 0 heterocycles. The Morgan fingerprint density at radius 1 is 0.821 bits per heavy atom. The van der Waals surface area contributed by atoms with Crippen molar-refractivity contribution in [2.45, 2.75) is 31.7 Å². The molecule has 1 N–H and O–H groups in total. The van der Waals surface area contributed by atoms with Gasteiger partial charge in [-0.1, -0.05) is 60.2 Å². The highest BCUT2D eigenvalue weighted by Crippen LogP contribution is 2.29. The van der Waals surface area contributed by atoms with Crippen LogP contribution in [0.5, 0.6) is 5.75 Å². The molecule has 3 aromatic carbocycles. The molecular formula is C23H25NO3S. The normalized spacial score (nSPS) is 12.6. The van der Waals surface area contributed by atoms with E-state index in [4.69, 9.17) is 4.74 Å². The van der Waals surface area contributed by atoms with E-state index in [1.54, 1.807) is 26.2 Å². The maximum atomic E-state index is 13.3. The number of sulfonamides is 1. The van der Waals surface area contributed by atoms with Crippen LogP contribution in [0.25, 0.3) is 0 Å². The second-order valence-corrected chi connectivity index (χ2v) is 8.65. The first-order valence-corrected chi connectivity index (χ1v) is 10.6. The van der Waals surface area contributed by atoms with Crippen molar-refractivity contribution < 1.29 is 13.2 Å². The highest BCUT2D eigenvalue weighted by molar-refractivity contribution is 7.89. The van der Waals surface area contributed by atoms with Gasteiger partial charge in [-0.15, -0.1) is 0 Å². The number of benzene rings is 3. The number of aryl methyl sites for hydroxylation is 3. The minimum atomic E-state index is -3.75. The summed E-state index contributed by atoms with van der Waals surface area (Å²) in [6.45, 7) is 5.63. The molecule has 0 aliphatic heterocycles. The maximum Gasteiger partial charge on any atom is 0.241 e. The molecule has 5 heteroatoms. The van der Waals surface area contributed by atoms with Crippen LogP contribution in [0.1, 0.15) is 33.9 Å². The third-order valence-corrected chi connectivity index (χ3v) is 6.36. The van der Waals surface area contributed by atoms with Gasteiger partial charge in [-0.25, -0.2) is 8.42 Å². The van der Waals surface area contributed by atoms with E-state index in [-0.39, 0.29) is 4.90 Å². The van der Waals surface area contributed by atoms with Gasteiger partial charge in [-0.05, 0) is 55.2 Å². The predicted octanol–water partition coefficient (Wildman–Crippen LogP) is 4.69. The van der Waals surface area contributed by atoms with Crippen molar-refractivity contribution in [3.05, 3.63) is 94.5 Å². The molecule has 3 aromatic rings. The second-order valence-electron chi connectivity index (χ2n) is 6.96. The van der Waals surface area contributed by atoms with E-state index in [2.05, 4.69) is 4.72 Å². The quantitative estimate of drug-likeness (QED) is 0.659. The number of nitrogens with one attached hydrogen (secondary N) is 1. The molecule has 4 nitrogen and oxygen atoms in total. The van der Waals surface area contributed by atoms with Crippen LogP contribution in [0, 0.1) is 20.8 Å². The summed E-state index contributed by atoms with van der Waals surface area (Å²) in [6.07, 6.45) is 0. The Morgan fingerprint density at radius 2 is 1.43 bits per heavy atom. The summed E-state index contributed by atoms with van der Waals surface area (Å²) in [5.74, 6) is 0.676. The van der Waals surface area contributed by atoms with Gasteiger partial charge in [0.15, 0.2) is 0 Å². The van der Waals surface area contributed by atoms with Crippen molar-refractivity contribution in [2.75, 3.05) is 7.11 Å². The van der Waals surface area contributed by atoms with E-state index in [0.717, 1.165) is 22.3 Å². The molecule has 0 spiro atoms. The van der Waals surface area contributed by atoms with Crippen LogP contribution in [0.2, 0.25) is 0 Å². The molecule has 0 aromatic heterocycles. The number of hydrogen-bond acceptors (Lipinski definition) is 3. The standard InChI is InChI=1S/C23H25NO3S/c1-16-10-12-20(13-11-16)23(19-8-6-5-7-9-19)24-28(25,26)22-15-17(2)21(27-4)14-18(22)3/h5-15,23-24H,1-4H3. The fourth-order valence-corrected chi connectivity index (χ4v) is 4.75. The summed E-state index contributed by atoms with van der Waals surface area (Å²) in [6, 6.07) is 20.4. The Morgan fingerprint density at radius 3 is 2.04 bits per heavy atom. The van der Waals surface area contributed by atoms with Gasteiger partial charge in [-0.2, -0.15) is 4.72 Å². The van der Waals surface area contributed by atoms with E-state index < -0.39 is 16.1 Å². The predicted molar refractivity (Wildman–Crippen MR) is 112 cm³/mol. The van der Waals surface area contributed by atoms with E-state index in [1.165, 1.54) is 0 Å². The summed E-state index contributed by atoms with van der Waals surface area (Å²) < 4.78 is 34.8. The molecular weight excluding hydrogens is 370 g/mol. The summed E-state index contributed by atoms with van der Waals surface area (Å²) in [7, 11) is -2.17. The van der Waals surface area contributed by atoms with Crippen molar-refractivity contribution in [1.29, 1.82) is 0 Å². The summed E-state index contributed by atoms with van der Waals surface area (Å²) in [5.41, 5.74) is 4.33. The van der Waals surface area contributed by atoms with Gasteiger partial charge in [-0.3, -0.25) is 0 Å². The first-order chi connectivity index (χ1) is 13.3. The van der Waals surface area contributed by atoms with Gasteiger partial charge in [0.2, 0.25) is 10.0 Å². The SMILES string of the molecule is COc1cc(C)c(S(=O)(=O)NC(c2ccccc2)c2ccc(C)cc2)cc1C. The molecule has 0 amide bonds. The van der Waals surface area contributed by atoms with E-state index in [1.807, 2.05) is 68.4 Å². The van der Waals surface area contributed by atoms with Crippen LogP contribution < -0.4 is 9.46 Å². The second kappa shape index (κ2) is 8.17. The molecule has 3 rings (SSSR count). The molecule has 1 unspecified atom stereocenters. The zero-order chi connectivity index (χ0) is 20.3. The smallest absolute Gasteiger partial charge is 0.241 e. The average molecular weight is 396 g/mol. The molecule has 0 aliphatic carbocycles. The Labute approximate surface area is 167 Å². The van der Waals surface area contributed by atoms with Gasteiger partial charge in [0.05, 0.1) is 18.0 Å². The molecule has 0 fully saturated rings. The molecule has 146 valence electrons. The first-order valence-electron chi connectivity index (χ1n) is 9.11. The number of rotatable bonds is 6. The summed E-state index contributed by atoms with van der Waals surface area (Å²) >= 11 is 0. The minimum Gasteiger partial charge on any atom is -0.496 e. The minimum absolute atomic E-state index is 0.263. The van der Waals surface area contributed by atoms with Crippen molar-refractivity contribution in [1.82, 2.24) is 4.72 Å². The van der Waals surface area contributed by atoms with E-state index >= 15 is 0 Å². The zero-order valence-electron chi connectivity index (χ0n) is 16.6. The Balaban J connectivity index is 2.05. The van der Waals surface area contributed by atoms with Gasteiger partial charge in [0.1, 0.15) is 5.75 Å².